The third kappa shape index (κ3) is 5.43. The highest BCUT2D eigenvalue weighted by Crippen LogP contribution is 2.35. The lowest BCUT2D eigenvalue weighted by Gasteiger charge is -2.09. The lowest BCUT2D eigenvalue weighted by Crippen LogP contribution is -2.29. The molecule has 0 aliphatic heterocycles. The molecule has 1 aliphatic rings. The average Bonchev–Trinajstić information content (AvgIpc) is 3.30. The molecule has 0 heterocycles. The Kier molecular flexibility index (Phi) is 5.08. The van der Waals surface area contributed by atoms with Gasteiger partial charge in [0.25, 0.3) is 0 Å². The molecule has 0 aromatic heterocycles. The van der Waals surface area contributed by atoms with Crippen LogP contribution in [0.25, 0.3) is 0 Å². The summed E-state index contributed by atoms with van der Waals surface area (Å²) >= 11 is 0. The van der Waals surface area contributed by atoms with E-state index < -0.39 is 12.1 Å². The fourth-order valence-electron chi connectivity index (χ4n) is 2.01. The van der Waals surface area contributed by atoms with E-state index in [1.165, 1.54) is 12.1 Å². The maximum Gasteiger partial charge on any atom is 0.471 e. The van der Waals surface area contributed by atoms with Crippen molar-refractivity contribution < 1.29 is 22.8 Å². The predicted molar refractivity (Wildman–Crippen MR) is 79.5 cm³/mol. The Bertz CT molecular complexity index is 617. The molecule has 0 spiro atoms. The Labute approximate surface area is 131 Å². The van der Waals surface area contributed by atoms with Crippen LogP contribution in [0.15, 0.2) is 35.9 Å². The molecule has 2 amide bonds. The van der Waals surface area contributed by atoms with Crippen molar-refractivity contribution in [2.45, 2.75) is 32.5 Å². The van der Waals surface area contributed by atoms with E-state index in [-0.39, 0.29) is 18.1 Å². The second-order valence-electron chi connectivity index (χ2n) is 5.53. The zero-order chi connectivity index (χ0) is 17.0. The van der Waals surface area contributed by atoms with E-state index in [4.69, 9.17) is 0 Å². The summed E-state index contributed by atoms with van der Waals surface area (Å²) < 4.78 is 36.4. The molecule has 0 bridgehead atoms. The van der Waals surface area contributed by atoms with Crippen molar-refractivity contribution >= 4 is 17.5 Å². The Hall–Kier alpha value is -2.31. The van der Waals surface area contributed by atoms with Gasteiger partial charge in [-0.15, -0.1) is 0 Å². The first-order valence-electron chi connectivity index (χ1n) is 7.19. The Morgan fingerprint density at radius 2 is 1.83 bits per heavy atom. The molecule has 1 saturated carbocycles. The topological polar surface area (TPSA) is 58.2 Å². The number of allylic oxidation sites excluding steroid dienone is 1. The highest BCUT2D eigenvalue weighted by Gasteiger charge is 2.38. The van der Waals surface area contributed by atoms with Gasteiger partial charge in [0.15, 0.2) is 0 Å². The molecular formula is C16H17F3N2O2. The molecule has 0 atom stereocenters. The molecule has 7 heteroatoms. The summed E-state index contributed by atoms with van der Waals surface area (Å²) in [6, 6.07) is 5.81. The van der Waals surface area contributed by atoms with Crippen molar-refractivity contribution in [3.63, 3.8) is 0 Å². The molecular weight excluding hydrogens is 309 g/mol. The van der Waals surface area contributed by atoms with Gasteiger partial charge in [0, 0.05) is 18.3 Å². The van der Waals surface area contributed by atoms with Gasteiger partial charge >= 0.3 is 12.1 Å². The standard InChI is InChI=1S/C16H17F3N2O2/c1-10(12-4-5-12)8-14(22)20-9-11-2-6-13(7-3-11)21-15(23)16(17,18)19/h2-3,6-8,12H,4-5,9H2,1H3,(H,20,22)(H,21,23)/b10-8+. The van der Waals surface area contributed by atoms with E-state index in [1.807, 2.05) is 6.92 Å². The molecule has 0 radical (unpaired) electrons. The van der Waals surface area contributed by atoms with Gasteiger partial charge in [-0.2, -0.15) is 13.2 Å². The second-order valence-corrected chi connectivity index (χ2v) is 5.53. The van der Waals surface area contributed by atoms with E-state index in [9.17, 15) is 22.8 Å². The van der Waals surface area contributed by atoms with Crippen molar-refractivity contribution in [1.29, 1.82) is 0 Å². The van der Waals surface area contributed by atoms with E-state index in [0.29, 0.717) is 5.92 Å². The highest BCUT2D eigenvalue weighted by molar-refractivity contribution is 5.94. The summed E-state index contributed by atoms with van der Waals surface area (Å²) in [5.74, 6) is -1.68. The molecule has 0 saturated heterocycles. The fraction of sp³-hybridized carbons (Fsp3) is 0.375. The van der Waals surface area contributed by atoms with Crippen molar-refractivity contribution in [1.82, 2.24) is 5.32 Å². The zero-order valence-electron chi connectivity index (χ0n) is 12.5. The number of halogens is 3. The van der Waals surface area contributed by atoms with Gasteiger partial charge in [-0.05, 0) is 43.4 Å². The number of anilines is 1. The lowest BCUT2D eigenvalue weighted by atomic mass is 10.1. The van der Waals surface area contributed by atoms with Gasteiger partial charge in [-0.25, -0.2) is 0 Å². The van der Waals surface area contributed by atoms with E-state index in [2.05, 4.69) is 5.32 Å². The first kappa shape index (κ1) is 17.1. The molecule has 1 aromatic rings. The largest absolute Gasteiger partial charge is 0.471 e. The predicted octanol–water partition coefficient (Wildman–Crippen LogP) is 3.16. The first-order chi connectivity index (χ1) is 10.8. The molecule has 1 aliphatic carbocycles. The minimum atomic E-state index is -4.92. The summed E-state index contributed by atoms with van der Waals surface area (Å²) in [6.45, 7) is 2.19. The van der Waals surface area contributed by atoms with Crippen molar-refractivity contribution in [2.75, 3.05) is 5.32 Å². The SMILES string of the molecule is C/C(=C\C(=O)NCc1ccc(NC(=O)C(F)(F)F)cc1)C1CC1. The Morgan fingerprint density at radius 1 is 1.22 bits per heavy atom. The summed E-state index contributed by atoms with van der Waals surface area (Å²) in [5.41, 5.74) is 1.83. The molecule has 1 aromatic carbocycles. The summed E-state index contributed by atoms with van der Waals surface area (Å²) in [6.07, 6.45) is -1.09. The highest BCUT2D eigenvalue weighted by atomic mass is 19.4. The van der Waals surface area contributed by atoms with Gasteiger partial charge < -0.3 is 10.6 Å². The number of amides is 2. The fourth-order valence-corrected chi connectivity index (χ4v) is 2.01. The van der Waals surface area contributed by atoms with Crippen LogP contribution in [-0.2, 0) is 16.1 Å². The van der Waals surface area contributed by atoms with Crippen LogP contribution in [0.1, 0.15) is 25.3 Å². The maximum absolute atomic E-state index is 12.1. The summed E-state index contributed by atoms with van der Waals surface area (Å²) in [7, 11) is 0. The van der Waals surface area contributed by atoms with Crippen LogP contribution >= 0.6 is 0 Å². The third-order valence-corrected chi connectivity index (χ3v) is 3.52. The van der Waals surface area contributed by atoms with Crippen LogP contribution in [0.4, 0.5) is 18.9 Å². The molecule has 0 unspecified atom stereocenters. The lowest BCUT2D eigenvalue weighted by molar-refractivity contribution is -0.167. The number of nitrogens with one attached hydrogen (secondary N) is 2. The van der Waals surface area contributed by atoms with Crippen LogP contribution in [0.3, 0.4) is 0 Å². The van der Waals surface area contributed by atoms with Crippen LogP contribution in [0, 0.1) is 5.92 Å². The molecule has 2 rings (SSSR count). The number of carbonyl (C=O) groups is 2. The van der Waals surface area contributed by atoms with E-state index in [1.54, 1.807) is 23.5 Å². The summed E-state index contributed by atoms with van der Waals surface area (Å²) in [5, 5.41) is 4.47. The number of carbonyl (C=O) groups excluding carboxylic acids is 2. The van der Waals surface area contributed by atoms with Gasteiger partial charge in [0.1, 0.15) is 0 Å². The first-order valence-corrected chi connectivity index (χ1v) is 7.19. The molecule has 23 heavy (non-hydrogen) atoms. The van der Waals surface area contributed by atoms with Gasteiger partial charge in [0.2, 0.25) is 5.91 Å². The van der Waals surface area contributed by atoms with Crippen LogP contribution < -0.4 is 10.6 Å². The monoisotopic (exact) mass is 326 g/mol. The van der Waals surface area contributed by atoms with Gasteiger partial charge in [-0.1, -0.05) is 17.7 Å². The van der Waals surface area contributed by atoms with Crippen LogP contribution in [0.5, 0.6) is 0 Å². The third-order valence-electron chi connectivity index (χ3n) is 3.52. The maximum atomic E-state index is 12.1. The minimum absolute atomic E-state index is 0.0480. The summed E-state index contributed by atoms with van der Waals surface area (Å²) in [4.78, 5) is 22.5. The van der Waals surface area contributed by atoms with Gasteiger partial charge in [-0.3, -0.25) is 9.59 Å². The number of hydrogen-bond donors (Lipinski definition) is 2. The van der Waals surface area contributed by atoms with Crippen molar-refractivity contribution in [3.05, 3.63) is 41.5 Å². The Morgan fingerprint density at radius 3 is 2.35 bits per heavy atom. The minimum Gasteiger partial charge on any atom is -0.348 e. The number of rotatable bonds is 5. The average molecular weight is 326 g/mol. The second kappa shape index (κ2) is 6.85. The van der Waals surface area contributed by atoms with Crippen LogP contribution in [-0.4, -0.2) is 18.0 Å². The molecule has 124 valence electrons. The van der Waals surface area contributed by atoms with Crippen molar-refractivity contribution in [3.8, 4) is 0 Å². The van der Waals surface area contributed by atoms with Crippen molar-refractivity contribution in [2.24, 2.45) is 5.92 Å². The van der Waals surface area contributed by atoms with Crippen LogP contribution in [0.2, 0.25) is 0 Å². The molecule has 4 nitrogen and oxygen atoms in total. The molecule has 2 N–H and O–H groups in total. The zero-order valence-corrected chi connectivity index (χ0v) is 12.5. The number of alkyl halides is 3. The quantitative estimate of drug-likeness (QED) is 0.817. The Balaban J connectivity index is 1.84. The normalized spacial score (nSPS) is 15.2. The van der Waals surface area contributed by atoms with E-state index in [0.717, 1.165) is 24.0 Å². The van der Waals surface area contributed by atoms with Gasteiger partial charge in [0.05, 0.1) is 0 Å². The number of hydrogen-bond acceptors (Lipinski definition) is 2. The van der Waals surface area contributed by atoms with E-state index >= 15 is 0 Å². The molecule has 1 fully saturated rings. The number of benzene rings is 1. The smallest absolute Gasteiger partial charge is 0.348 e.